The van der Waals surface area contributed by atoms with Gasteiger partial charge in [-0.25, -0.2) is 0 Å². The van der Waals surface area contributed by atoms with Crippen molar-refractivity contribution in [3.05, 3.63) is 35.9 Å². The van der Waals surface area contributed by atoms with Crippen molar-refractivity contribution >= 4 is 5.91 Å². The molecule has 0 radical (unpaired) electrons. The maximum atomic E-state index is 12.8. The van der Waals surface area contributed by atoms with E-state index in [2.05, 4.69) is 44.9 Å². The molecule has 2 aliphatic heterocycles. The molecular weight excluding hydrogens is 300 g/mol. The van der Waals surface area contributed by atoms with E-state index in [9.17, 15) is 4.79 Å². The van der Waals surface area contributed by atoms with E-state index in [0.717, 1.165) is 25.8 Å². The molecule has 1 unspecified atom stereocenters. The first kappa shape index (κ1) is 17.4. The number of rotatable bonds is 4. The fraction of sp³-hybridized carbons (Fsp3) is 0.650. The quantitative estimate of drug-likeness (QED) is 0.842. The van der Waals surface area contributed by atoms with Crippen LogP contribution in [-0.4, -0.2) is 39.6 Å². The maximum absolute atomic E-state index is 12.8. The van der Waals surface area contributed by atoms with Crippen LogP contribution in [0.1, 0.15) is 58.9 Å². The molecule has 0 saturated carbocycles. The van der Waals surface area contributed by atoms with Crippen molar-refractivity contribution in [2.45, 2.75) is 77.1 Å². The average Bonchev–Trinajstić information content (AvgIpc) is 2.84. The molecule has 2 aliphatic rings. The summed E-state index contributed by atoms with van der Waals surface area (Å²) in [5.74, 6) is 0.121. The zero-order valence-electron chi connectivity index (χ0n) is 15.4. The number of amides is 1. The van der Waals surface area contributed by atoms with Crippen LogP contribution in [0.15, 0.2) is 30.3 Å². The Labute approximate surface area is 145 Å². The highest BCUT2D eigenvalue weighted by atomic mass is 16.7. The van der Waals surface area contributed by atoms with E-state index >= 15 is 0 Å². The molecule has 0 aliphatic carbocycles. The van der Waals surface area contributed by atoms with Gasteiger partial charge in [0.2, 0.25) is 0 Å². The molecule has 1 atom stereocenters. The predicted octanol–water partition coefficient (Wildman–Crippen LogP) is 3.76. The summed E-state index contributed by atoms with van der Waals surface area (Å²) in [6.45, 7) is 10.3. The van der Waals surface area contributed by atoms with Gasteiger partial charge >= 0.3 is 0 Å². The van der Waals surface area contributed by atoms with Gasteiger partial charge in [-0.2, -0.15) is 5.06 Å². The molecule has 2 fully saturated rings. The fourth-order valence-corrected chi connectivity index (χ4v) is 4.16. The highest BCUT2D eigenvalue weighted by Crippen LogP contribution is 2.39. The van der Waals surface area contributed by atoms with Crippen molar-refractivity contribution in [3.63, 3.8) is 0 Å². The molecule has 3 rings (SSSR count). The van der Waals surface area contributed by atoms with Crippen molar-refractivity contribution in [1.29, 1.82) is 0 Å². The van der Waals surface area contributed by atoms with Gasteiger partial charge < -0.3 is 4.90 Å². The Morgan fingerprint density at radius 1 is 1.08 bits per heavy atom. The number of benzene rings is 1. The van der Waals surface area contributed by atoms with Crippen molar-refractivity contribution in [2.75, 3.05) is 6.54 Å². The van der Waals surface area contributed by atoms with Gasteiger partial charge in [0.1, 0.15) is 0 Å². The Morgan fingerprint density at radius 3 is 2.33 bits per heavy atom. The van der Waals surface area contributed by atoms with Crippen LogP contribution in [0.2, 0.25) is 0 Å². The molecule has 24 heavy (non-hydrogen) atoms. The zero-order valence-corrected chi connectivity index (χ0v) is 15.4. The third-order valence-corrected chi connectivity index (χ3v) is 5.37. The lowest BCUT2D eigenvalue weighted by Crippen LogP contribution is -2.59. The van der Waals surface area contributed by atoms with Gasteiger partial charge in [-0.05, 0) is 52.5 Å². The largest absolute Gasteiger partial charge is 0.336 e. The minimum absolute atomic E-state index is 0.0329. The first-order valence-corrected chi connectivity index (χ1v) is 9.09. The van der Waals surface area contributed by atoms with E-state index in [4.69, 9.17) is 4.84 Å². The number of hydrogen-bond acceptors (Lipinski definition) is 3. The van der Waals surface area contributed by atoms with Crippen LogP contribution in [0.25, 0.3) is 0 Å². The first-order chi connectivity index (χ1) is 11.3. The number of piperidine rings is 1. The summed E-state index contributed by atoms with van der Waals surface area (Å²) in [6.07, 6.45) is 3.84. The molecule has 4 heteroatoms. The predicted molar refractivity (Wildman–Crippen MR) is 95.2 cm³/mol. The van der Waals surface area contributed by atoms with E-state index in [1.807, 2.05) is 23.1 Å². The smallest absolute Gasteiger partial charge is 0.254 e. The Bertz CT molecular complexity index is 567. The Morgan fingerprint density at radius 2 is 1.71 bits per heavy atom. The first-order valence-electron chi connectivity index (χ1n) is 9.09. The molecular formula is C20H30N2O2. The molecule has 0 spiro atoms. The number of carbonyl (C=O) groups excluding carboxylic acids is 1. The number of likely N-dealkylation sites (tertiary alicyclic amines) is 1. The van der Waals surface area contributed by atoms with Gasteiger partial charge in [0.25, 0.3) is 5.91 Å². The monoisotopic (exact) mass is 330 g/mol. The summed E-state index contributed by atoms with van der Waals surface area (Å²) in [4.78, 5) is 21.0. The van der Waals surface area contributed by atoms with Crippen LogP contribution in [0.3, 0.4) is 0 Å². The SMILES string of the molecule is CC1(C)CCCC(C)(C)N1OC1CCN(Cc2ccccc2)C1=O. The maximum Gasteiger partial charge on any atom is 0.254 e. The highest BCUT2D eigenvalue weighted by molar-refractivity contribution is 5.83. The molecule has 1 amide bonds. The molecule has 0 bridgehead atoms. The Balaban J connectivity index is 1.67. The molecule has 1 aromatic rings. The molecule has 1 aromatic carbocycles. The average molecular weight is 330 g/mol. The zero-order chi connectivity index (χ0) is 17.4. The summed E-state index contributed by atoms with van der Waals surface area (Å²) >= 11 is 0. The normalized spacial score (nSPS) is 26.8. The molecule has 132 valence electrons. The number of hydrogen-bond donors (Lipinski definition) is 0. The molecule has 2 heterocycles. The second kappa shape index (κ2) is 6.49. The van der Waals surface area contributed by atoms with E-state index in [1.54, 1.807) is 0 Å². The minimum atomic E-state index is -0.342. The number of nitrogens with zero attached hydrogens (tertiary/aromatic N) is 2. The van der Waals surface area contributed by atoms with Gasteiger partial charge in [0.05, 0.1) is 0 Å². The van der Waals surface area contributed by atoms with Crippen LogP contribution in [0.4, 0.5) is 0 Å². The third-order valence-electron chi connectivity index (χ3n) is 5.37. The van der Waals surface area contributed by atoms with Gasteiger partial charge in [-0.15, -0.1) is 0 Å². The van der Waals surface area contributed by atoms with Gasteiger partial charge in [0, 0.05) is 30.6 Å². The van der Waals surface area contributed by atoms with Crippen molar-refractivity contribution in [2.24, 2.45) is 0 Å². The summed E-state index contributed by atoms with van der Waals surface area (Å²) in [7, 11) is 0. The van der Waals surface area contributed by atoms with Gasteiger partial charge in [0.15, 0.2) is 6.10 Å². The molecule has 4 nitrogen and oxygen atoms in total. The summed E-state index contributed by atoms with van der Waals surface area (Å²) in [6, 6.07) is 10.2. The van der Waals surface area contributed by atoms with Crippen molar-refractivity contribution < 1.29 is 9.63 Å². The second-order valence-electron chi connectivity index (χ2n) is 8.40. The van der Waals surface area contributed by atoms with E-state index in [0.29, 0.717) is 6.54 Å². The highest BCUT2D eigenvalue weighted by Gasteiger charge is 2.46. The lowest BCUT2D eigenvalue weighted by Gasteiger charge is -2.51. The third kappa shape index (κ3) is 3.50. The van der Waals surface area contributed by atoms with Crippen LogP contribution in [-0.2, 0) is 16.2 Å². The topological polar surface area (TPSA) is 32.8 Å². The second-order valence-corrected chi connectivity index (χ2v) is 8.40. The minimum Gasteiger partial charge on any atom is -0.336 e. The molecule has 0 N–H and O–H groups in total. The number of hydroxylamine groups is 2. The number of carbonyl (C=O) groups is 1. The lowest BCUT2D eigenvalue weighted by atomic mass is 9.82. The lowest BCUT2D eigenvalue weighted by molar-refractivity contribution is -0.297. The van der Waals surface area contributed by atoms with Crippen LogP contribution < -0.4 is 0 Å². The standard InChI is InChI=1S/C20H30N2O2/c1-19(2)12-8-13-20(3,4)22(19)24-17-11-14-21(18(17)23)15-16-9-6-5-7-10-16/h5-7,9-10,17H,8,11-15H2,1-4H3. The van der Waals surface area contributed by atoms with Crippen molar-refractivity contribution in [3.8, 4) is 0 Å². The fourth-order valence-electron chi connectivity index (χ4n) is 4.16. The van der Waals surface area contributed by atoms with E-state index < -0.39 is 0 Å². The molecule has 2 saturated heterocycles. The Hall–Kier alpha value is -1.39. The van der Waals surface area contributed by atoms with Crippen LogP contribution >= 0.6 is 0 Å². The van der Waals surface area contributed by atoms with Crippen molar-refractivity contribution in [1.82, 2.24) is 9.96 Å². The summed E-state index contributed by atoms with van der Waals surface area (Å²) < 4.78 is 0. The van der Waals surface area contributed by atoms with E-state index in [1.165, 1.54) is 12.0 Å². The van der Waals surface area contributed by atoms with Gasteiger partial charge in [-0.3, -0.25) is 9.63 Å². The summed E-state index contributed by atoms with van der Waals surface area (Å²) in [5.41, 5.74) is 1.11. The Kier molecular flexibility index (Phi) is 4.71. The summed E-state index contributed by atoms with van der Waals surface area (Å²) in [5, 5.41) is 2.11. The van der Waals surface area contributed by atoms with E-state index in [-0.39, 0.29) is 23.1 Å². The van der Waals surface area contributed by atoms with Crippen LogP contribution in [0, 0.1) is 0 Å². The van der Waals surface area contributed by atoms with Gasteiger partial charge in [-0.1, -0.05) is 30.3 Å². The molecule has 0 aromatic heterocycles. The van der Waals surface area contributed by atoms with Crippen LogP contribution in [0.5, 0.6) is 0 Å².